The lowest BCUT2D eigenvalue weighted by Crippen LogP contribution is -2.33. The molecule has 58 heavy (non-hydrogen) atoms. The van der Waals surface area contributed by atoms with Crippen molar-refractivity contribution in [3.05, 3.63) is 229 Å². The third-order valence-electron chi connectivity index (χ3n) is 11.5. The summed E-state index contributed by atoms with van der Waals surface area (Å²) in [5.74, 6) is 1.49. The van der Waals surface area contributed by atoms with Gasteiger partial charge in [-0.05, 0) is 100 Å². The number of nitrogens with one attached hydrogen (secondary N) is 1. The standard InChI is InChI=1S/C55H37N3/c1-3-15-36(16-4-1)39-20-13-22-42(33-39)54-56-53(38-18-5-2-6-19-38)57-55(58-54)43-23-14-21-41(34-43)52-44-24-8-7-17-37(44)29-31-45(52)40-30-32-50-48-27-10-9-25-46(48)47-26-11-12-28-49(47)51(50)35-40/h1-35,54H,(H,56,57,58). The smallest absolute Gasteiger partial charge is 0.159 e. The van der Waals surface area contributed by atoms with Crippen molar-refractivity contribution in [3.63, 3.8) is 0 Å². The number of benzene rings is 10. The molecule has 1 heterocycles. The molecule has 3 nitrogen and oxygen atoms in total. The highest BCUT2D eigenvalue weighted by atomic mass is 15.2. The second-order valence-electron chi connectivity index (χ2n) is 15.0. The molecular weight excluding hydrogens is 703 g/mol. The van der Waals surface area contributed by atoms with E-state index in [0.717, 1.165) is 33.7 Å². The molecule has 1 aliphatic rings. The Morgan fingerprint density at radius 1 is 0.345 bits per heavy atom. The van der Waals surface area contributed by atoms with E-state index in [4.69, 9.17) is 9.98 Å². The molecule has 1 atom stereocenters. The van der Waals surface area contributed by atoms with Gasteiger partial charge in [-0.1, -0.05) is 194 Å². The van der Waals surface area contributed by atoms with E-state index in [2.05, 4.69) is 199 Å². The number of nitrogens with zero attached hydrogens (tertiary/aromatic N) is 2. The largest absolute Gasteiger partial charge is 0.344 e. The molecule has 0 saturated heterocycles. The first kappa shape index (κ1) is 33.7. The van der Waals surface area contributed by atoms with Gasteiger partial charge in [0.15, 0.2) is 5.84 Å². The van der Waals surface area contributed by atoms with Crippen molar-refractivity contribution in [1.82, 2.24) is 5.32 Å². The van der Waals surface area contributed by atoms with E-state index < -0.39 is 0 Å². The Bertz CT molecular complexity index is 3220. The molecule has 0 spiro atoms. The molecule has 0 amide bonds. The van der Waals surface area contributed by atoms with Crippen LogP contribution in [0.2, 0.25) is 0 Å². The van der Waals surface area contributed by atoms with E-state index in [-0.39, 0.29) is 6.17 Å². The first-order valence-corrected chi connectivity index (χ1v) is 19.9. The summed E-state index contributed by atoms with van der Waals surface area (Å²) in [6, 6.07) is 76.1. The predicted octanol–water partition coefficient (Wildman–Crippen LogP) is 13.8. The quantitative estimate of drug-likeness (QED) is 0.169. The molecule has 1 unspecified atom stereocenters. The van der Waals surface area contributed by atoms with Crippen LogP contribution in [-0.2, 0) is 0 Å². The van der Waals surface area contributed by atoms with Gasteiger partial charge >= 0.3 is 0 Å². The van der Waals surface area contributed by atoms with Gasteiger partial charge in [0.25, 0.3) is 0 Å². The van der Waals surface area contributed by atoms with Gasteiger partial charge in [-0.15, -0.1) is 0 Å². The van der Waals surface area contributed by atoms with Gasteiger partial charge in [0.1, 0.15) is 12.0 Å². The van der Waals surface area contributed by atoms with Crippen molar-refractivity contribution >= 4 is 54.8 Å². The molecule has 0 saturated carbocycles. The van der Waals surface area contributed by atoms with Crippen LogP contribution in [0.25, 0.3) is 76.5 Å². The first-order chi connectivity index (χ1) is 28.7. The molecule has 3 heteroatoms. The minimum absolute atomic E-state index is 0.327. The molecule has 10 aromatic rings. The van der Waals surface area contributed by atoms with Crippen molar-refractivity contribution in [1.29, 1.82) is 0 Å². The minimum atomic E-state index is -0.327. The van der Waals surface area contributed by atoms with Crippen molar-refractivity contribution in [2.75, 3.05) is 0 Å². The van der Waals surface area contributed by atoms with Crippen molar-refractivity contribution in [3.8, 4) is 33.4 Å². The molecule has 0 aliphatic carbocycles. The summed E-state index contributed by atoms with van der Waals surface area (Å²) in [4.78, 5) is 10.4. The van der Waals surface area contributed by atoms with Gasteiger partial charge in [-0.25, -0.2) is 9.98 Å². The van der Waals surface area contributed by atoms with E-state index in [0.29, 0.717) is 5.84 Å². The highest BCUT2D eigenvalue weighted by Crippen LogP contribution is 2.42. The van der Waals surface area contributed by atoms with E-state index in [1.165, 1.54) is 65.3 Å². The van der Waals surface area contributed by atoms with Crippen LogP contribution >= 0.6 is 0 Å². The summed E-state index contributed by atoms with van der Waals surface area (Å²) in [7, 11) is 0. The number of amidine groups is 2. The maximum atomic E-state index is 5.20. The number of aliphatic imine (C=N–C) groups is 2. The van der Waals surface area contributed by atoms with Crippen LogP contribution in [0.15, 0.2) is 222 Å². The maximum absolute atomic E-state index is 5.20. The number of fused-ring (bicyclic) bond motifs is 7. The van der Waals surface area contributed by atoms with Gasteiger partial charge in [-0.2, -0.15) is 0 Å². The highest BCUT2D eigenvalue weighted by Gasteiger charge is 2.23. The third-order valence-corrected chi connectivity index (χ3v) is 11.5. The Morgan fingerprint density at radius 3 is 1.66 bits per heavy atom. The fraction of sp³-hybridized carbons (Fsp3) is 0.0182. The number of rotatable bonds is 6. The van der Waals surface area contributed by atoms with Crippen LogP contribution in [0.1, 0.15) is 22.9 Å². The lowest BCUT2D eigenvalue weighted by Gasteiger charge is -2.24. The van der Waals surface area contributed by atoms with Crippen LogP contribution in [0.5, 0.6) is 0 Å². The summed E-state index contributed by atoms with van der Waals surface area (Å²) in [6.07, 6.45) is -0.327. The Labute approximate surface area is 337 Å². The zero-order valence-electron chi connectivity index (χ0n) is 31.7. The summed E-state index contributed by atoms with van der Waals surface area (Å²) in [5, 5.41) is 13.8. The Kier molecular flexibility index (Phi) is 8.22. The molecule has 0 fully saturated rings. The molecule has 0 aromatic heterocycles. The normalized spacial score (nSPS) is 14.0. The minimum Gasteiger partial charge on any atom is -0.344 e. The van der Waals surface area contributed by atoms with Gasteiger partial charge in [0, 0.05) is 11.1 Å². The van der Waals surface area contributed by atoms with E-state index >= 15 is 0 Å². The monoisotopic (exact) mass is 739 g/mol. The fourth-order valence-corrected chi connectivity index (χ4v) is 8.72. The molecule has 0 radical (unpaired) electrons. The molecule has 11 rings (SSSR count). The first-order valence-electron chi connectivity index (χ1n) is 19.9. The number of hydrogen-bond donors (Lipinski definition) is 1. The molecule has 10 aromatic carbocycles. The van der Waals surface area contributed by atoms with Crippen molar-refractivity contribution in [2.45, 2.75) is 6.17 Å². The topological polar surface area (TPSA) is 36.8 Å². The number of hydrogen-bond acceptors (Lipinski definition) is 3. The van der Waals surface area contributed by atoms with E-state index in [1.807, 2.05) is 18.2 Å². The average molecular weight is 740 g/mol. The van der Waals surface area contributed by atoms with Crippen LogP contribution in [0.3, 0.4) is 0 Å². The summed E-state index contributed by atoms with van der Waals surface area (Å²) in [6.45, 7) is 0. The molecule has 0 bridgehead atoms. The lowest BCUT2D eigenvalue weighted by atomic mass is 9.87. The molecule has 272 valence electrons. The Hall–Kier alpha value is -7.62. The van der Waals surface area contributed by atoms with Crippen molar-refractivity contribution < 1.29 is 0 Å². The zero-order chi connectivity index (χ0) is 38.4. The fourth-order valence-electron chi connectivity index (χ4n) is 8.72. The summed E-state index contributed by atoms with van der Waals surface area (Å²) < 4.78 is 0. The maximum Gasteiger partial charge on any atom is 0.159 e. The van der Waals surface area contributed by atoms with Crippen molar-refractivity contribution in [2.24, 2.45) is 9.98 Å². The van der Waals surface area contributed by atoms with Gasteiger partial charge in [0.2, 0.25) is 0 Å². The molecular formula is C55H37N3. The zero-order valence-corrected chi connectivity index (χ0v) is 31.7. The Morgan fingerprint density at radius 2 is 0.914 bits per heavy atom. The SMILES string of the molecule is c1ccc(C2=NC(c3cccc(-c4ccccc4)c3)NC(c3cccc(-c4c(-c5ccc6c7ccccc7c7ccccc7c6c5)ccc5ccccc45)c3)=N2)cc1. The van der Waals surface area contributed by atoms with E-state index in [1.54, 1.807) is 0 Å². The van der Waals surface area contributed by atoms with Crippen LogP contribution in [-0.4, -0.2) is 11.7 Å². The van der Waals surface area contributed by atoms with E-state index in [9.17, 15) is 0 Å². The third kappa shape index (κ3) is 5.93. The second-order valence-corrected chi connectivity index (χ2v) is 15.0. The Balaban J connectivity index is 1.06. The van der Waals surface area contributed by atoms with Gasteiger partial charge in [0.05, 0.1) is 0 Å². The van der Waals surface area contributed by atoms with Crippen LogP contribution in [0.4, 0.5) is 0 Å². The molecule has 1 N–H and O–H groups in total. The van der Waals surface area contributed by atoms with Gasteiger partial charge in [-0.3, -0.25) is 0 Å². The lowest BCUT2D eigenvalue weighted by molar-refractivity contribution is 0.674. The molecule has 1 aliphatic heterocycles. The van der Waals surface area contributed by atoms with Gasteiger partial charge < -0.3 is 5.32 Å². The highest BCUT2D eigenvalue weighted by molar-refractivity contribution is 6.26. The van der Waals surface area contributed by atoms with Crippen LogP contribution < -0.4 is 5.32 Å². The average Bonchev–Trinajstić information content (AvgIpc) is 3.31. The van der Waals surface area contributed by atoms with Crippen LogP contribution in [0, 0.1) is 0 Å². The predicted molar refractivity (Wildman–Crippen MR) is 245 cm³/mol. The summed E-state index contributed by atoms with van der Waals surface area (Å²) >= 11 is 0. The summed E-state index contributed by atoms with van der Waals surface area (Å²) in [5.41, 5.74) is 10.1. The second kappa shape index (κ2) is 14.1.